The number of anilines is 2. The number of hydrogen-bond donors (Lipinski definition) is 1. The Morgan fingerprint density at radius 3 is 3.00 bits per heavy atom. The van der Waals surface area contributed by atoms with Gasteiger partial charge < -0.3 is 5.32 Å². The van der Waals surface area contributed by atoms with Crippen LogP contribution >= 0.6 is 11.3 Å². The van der Waals surface area contributed by atoms with Crippen molar-refractivity contribution < 1.29 is 0 Å². The van der Waals surface area contributed by atoms with E-state index in [1.807, 2.05) is 22.2 Å². The minimum absolute atomic E-state index is 0.653. The Morgan fingerprint density at radius 2 is 2.17 bits per heavy atom. The van der Waals surface area contributed by atoms with Crippen LogP contribution in [0, 0.1) is 0 Å². The number of rotatable bonds is 4. The lowest BCUT2D eigenvalue weighted by Gasteiger charge is -2.04. The van der Waals surface area contributed by atoms with Crippen LogP contribution in [0.1, 0.15) is 0 Å². The van der Waals surface area contributed by atoms with Gasteiger partial charge in [0.2, 0.25) is 0 Å². The largest absolute Gasteiger partial charge is 0.361 e. The Morgan fingerprint density at radius 1 is 1.22 bits per heavy atom. The van der Waals surface area contributed by atoms with Crippen LogP contribution < -0.4 is 9.98 Å². The highest BCUT2D eigenvalue weighted by Gasteiger charge is 2.14. The molecule has 0 unspecified atom stereocenters. The predicted molar refractivity (Wildman–Crippen MR) is 90.3 cm³/mol. The molecule has 0 amide bonds. The fourth-order valence-electron chi connectivity index (χ4n) is 2.22. The Kier molecular flexibility index (Phi) is 3.19. The van der Waals surface area contributed by atoms with Crippen LogP contribution in [0.4, 0.5) is 10.9 Å². The quantitative estimate of drug-likeness (QED) is 0.349. The molecule has 4 rings (SSSR count). The first-order valence-electron chi connectivity index (χ1n) is 6.67. The molecule has 0 aliphatic rings. The van der Waals surface area contributed by atoms with Crippen molar-refractivity contribution in [1.82, 2.24) is 33.8 Å². The smallest absolute Gasteiger partial charge is 0.313 e. The van der Waals surface area contributed by atoms with E-state index in [-0.39, 0.29) is 0 Å². The molecule has 4 aromatic heterocycles. The Labute approximate surface area is 134 Å². The molecule has 0 saturated carbocycles. The normalized spacial score (nSPS) is 10.6. The molecule has 23 heavy (non-hydrogen) atoms. The van der Waals surface area contributed by atoms with Crippen molar-refractivity contribution in [1.29, 1.82) is 0 Å². The van der Waals surface area contributed by atoms with Gasteiger partial charge in [0, 0.05) is 24.0 Å². The fraction of sp³-hybridized carbons (Fsp3) is 0. The second-order valence-corrected chi connectivity index (χ2v) is 5.48. The average molecular weight is 323 g/mol. The first-order chi connectivity index (χ1) is 11.3. The maximum Gasteiger partial charge on any atom is 0.361 e. The van der Waals surface area contributed by atoms with Crippen molar-refractivity contribution in [2.24, 2.45) is 0 Å². The second kappa shape index (κ2) is 5.48. The molecule has 0 saturated heterocycles. The summed E-state index contributed by atoms with van der Waals surface area (Å²) in [5.74, 6) is 0.653. The molecule has 0 aliphatic heterocycles. The molecule has 1 N–H and O–H groups in total. The minimum Gasteiger partial charge on any atom is -0.313 e. The number of nitrogens with zero attached hydrogens (tertiary/aromatic N) is 7. The van der Waals surface area contributed by atoms with Gasteiger partial charge in [0.05, 0.1) is 23.7 Å². The lowest BCUT2D eigenvalue weighted by Crippen LogP contribution is -1.98. The van der Waals surface area contributed by atoms with E-state index in [2.05, 4.69) is 36.8 Å². The summed E-state index contributed by atoms with van der Waals surface area (Å²) in [6, 6.07) is 0. The molecular formula is C14H11N8S+. The molecule has 8 nitrogen and oxygen atoms in total. The monoisotopic (exact) mass is 323 g/mol. The minimum atomic E-state index is 0.653. The first kappa shape index (κ1) is 13.4. The summed E-state index contributed by atoms with van der Waals surface area (Å²) in [6.45, 7) is 3.42. The summed E-state index contributed by atoms with van der Waals surface area (Å²) in [6.07, 6.45) is 12.2. The van der Waals surface area contributed by atoms with Gasteiger partial charge in [-0.05, 0) is 0 Å². The van der Waals surface area contributed by atoms with Gasteiger partial charge in [0.25, 0.3) is 0 Å². The third-order valence-corrected chi connectivity index (χ3v) is 3.87. The molecule has 0 aromatic carbocycles. The van der Waals surface area contributed by atoms with Crippen molar-refractivity contribution in [2.75, 3.05) is 5.32 Å². The van der Waals surface area contributed by atoms with E-state index in [4.69, 9.17) is 0 Å². The van der Waals surface area contributed by atoms with Crippen LogP contribution in [0.2, 0.25) is 0 Å². The summed E-state index contributed by atoms with van der Waals surface area (Å²) in [7, 11) is 0. The lowest BCUT2D eigenvalue weighted by atomic mass is 10.3. The van der Waals surface area contributed by atoms with Crippen LogP contribution in [-0.4, -0.2) is 42.2 Å². The van der Waals surface area contributed by atoms with Gasteiger partial charge in [-0.15, -0.1) is 11.3 Å². The van der Waals surface area contributed by atoms with Gasteiger partial charge >= 0.3 is 6.34 Å². The van der Waals surface area contributed by atoms with Crippen LogP contribution in [-0.2, 0) is 0 Å². The Bertz CT molecular complexity index is 1010. The summed E-state index contributed by atoms with van der Waals surface area (Å²) in [5.41, 5.74) is 2.55. The first-order valence-corrected chi connectivity index (χ1v) is 7.55. The van der Waals surface area contributed by atoms with E-state index in [1.54, 1.807) is 29.5 Å². The highest BCUT2D eigenvalue weighted by Crippen LogP contribution is 2.25. The molecule has 0 spiro atoms. The summed E-state index contributed by atoms with van der Waals surface area (Å²) in [5, 5.41) is 10.1. The third-order valence-electron chi connectivity index (χ3n) is 3.18. The van der Waals surface area contributed by atoms with E-state index in [0.717, 1.165) is 22.0 Å². The van der Waals surface area contributed by atoms with Crippen LogP contribution in [0.5, 0.6) is 0 Å². The molecule has 0 bridgehead atoms. The van der Waals surface area contributed by atoms with Gasteiger partial charge in [0.15, 0.2) is 23.3 Å². The zero-order valence-electron chi connectivity index (χ0n) is 11.9. The zero-order valence-corrected chi connectivity index (χ0v) is 12.7. The Balaban J connectivity index is 1.78. The second-order valence-electron chi connectivity index (χ2n) is 4.58. The molecule has 0 fully saturated rings. The standard InChI is InChI=1S/C14H11N8S/c1-15-9-21-8-10(6-19-21)11-7-18-13-12(16-2-4-22(11)13)20-14-17-3-5-23-14/h2-9H,1H2,(H,16,17,20)/q+1. The third kappa shape index (κ3) is 2.39. The van der Waals surface area contributed by atoms with Crippen molar-refractivity contribution in [3.05, 3.63) is 42.6 Å². The fourth-order valence-corrected chi connectivity index (χ4v) is 2.75. The molecule has 9 heteroatoms. The lowest BCUT2D eigenvalue weighted by molar-refractivity contribution is 0.956. The van der Waals surface area contributed by atoms with E-state index in [0.29, 0.717) is 5.82 Å². The average Bonchev–Trinajstić information content (AvgIpc) is 3.27. The SMILES string of the molecule is C=[N+]=Cn1cc(-c2cnc3c(Nc4nccs4)nccn23)cn1. The van der Waals surface area contributed by atoms with Gasteiger partial charge in [-0.2, -0.15) is 0 Å². The van der Waals surface area contributed by atoms with Crippen LogP contribution in [0.15, 0.2) is 42.6 Å². The highest BCUT2D eigenvalue weighted by atomic mass is 32.1. The molecule has 112 valence electrons. The van der Waals surface area contributed by atoms with Gasteiger partial charge in [0.1, 0.15) is 6.20 Å². The van der Waals surface area contributed by atoms with Crippen molar-refractivity contribution in [3.8, 4) is 11.3 Å². The van der Waals surface area contributed by atoms with Crippen molar-refractivity contribution in [2.45, 2.75) is 0 Å². The van der Waals surface area contributed by atoms with Crippen LogP contribution in [0.3, 0.4) is 0 Å². The summed E-state index contributed by atoms with van der Waals surface area (Å²) >= 11 is 1.51. The maximum absolute atomic E-state index is 4.46. The molecule has 0 radical (unpaired) electrons. The number of hydrogen-bond acceptors (Lipinski definition) is 6. The molecule has 0 atom stereocenters. The number of imidazole rings is 1. The van der Waals surface area contributed by atoms with E-state index < -0.39 is 0 Å². The highest BCUT2D eigenvalue weighted by molar-refractivity contribution is 7.13. The summed E-state index contributed by atoms with van der Waals surface area (Å²) < 4.78 is 7.24. The maximum atomic E-state index is 4.46. The van der Waals surface area contributed by atoms with Gasteiger partial charge in [-0.1, -0.05) is 9.78 Å². The number of aromatic nitrogens is 6. The molecule has 4 aromatic rings. The van der Waals surface area contributed by atoms with E-state index in [9.17, 15) is 0 Å². The zero-order chi connectivity index (χ0) is 15.6. The van der Waals surface area contributed by atoms with E-state index in [1.165, 1.54) is 17.7 Å². The number of fused-ring (bicyclic) bond motifs is 1. The van der Waals surface area contributed by atoms with E-state index >= 15 is 0 Å². The van der Waals surface area contributed by atoms with Crippen LogP contribution in [0.25, 0.3) is 16.9 Å². The predicted octanol–water partition coefficient (Wildman–Crippen LogP) is 1.44. The Hall–Kier alpha value is -3.29. The topological polar surface area (TPSA) is 87.0 Å². The van der Waals surface area contributed by atoms with Crippen molar-refractivity contribution in [3.63, 3.8) is 0 Å². The molecular weight excluding hydrogens is 312 g/mol. The molecule has 0 aliphatic carbocycles. The summed E-state index contributed by atoms with van der Waals surface area (Å²) in [4.78, 5) is 13.0. The number of nitrogens with one attached hydrogen (secondary N) is 1. The van der Waals surface area contributed by atoms with Crippen molar-refractivity contribution >= 4 is 41.0 Å². The molecule has 4 heterocycles. The van der Waals surface area contributed by atoms with Gasteiger partial charge in [-0.3, -0.25) is 4.40 Å². The van der Waals surface area contributed by atoms with Gasteiger partial charge in [-0.25, -0.2) is 19.6 Å². The number of thiazole rings is 1.